The number of rotatable bonds is 9. The van der Waals surface area contributed by atoms with Gasteiger partial charge in [-0.2, -0.15) is 5.10 Å². The first-order chi connectivity index (χ1) is 11.8. The van der Waals surface area contributed by atoms with Crippen LogP contribution in [0.25, 0.3) is 0 Å². The normalized spacial score (nSPS) is 10.9. The molecular formula is C18H28IN5O. The number of aryl methyl sites for hydroxylation is 2. The molecule has 0 aliphatic carbocycles. The Hall–Kier alpha value is -1.77. The molecule has 0 fully saturated rings. The van der Waals surface area contributed by atoms with Gasteiger partial charge in [-0.3, -0.25) is 9.67 Å². The lowest BCUT2D eigenvalue weighted by atomic mass is 10.2. The summed E-state index contributed by atoms with van der Waals surface area (Å²) in [6.07, 6.45) is 5.96. The summed E-state index contributed by atoms with van der Waals surface area (Å²) in [5, 5.41) is 10.7. The Morgan fingerprint density at radius 3 is 2.72 bits per heavy atom. The van der Waals surface area contributed by atoms with Crippen LogP contribution in [-0.2, 0) is 13.5 Å². The van der Waals surface area contributed by atoms with Crippen LogP contribution in [0.3, 0.4) is 0 Å². The molecule has 0 bridgehead atoms. The zero-order valence-electron chi connectivity index (χ0n) is 14.9. The van der Waals surface area contributed by atoms with E-state index in [9.17, 15) is 0 Å². The molecule has 1 heterocycles. The lowest BCUT2D eigenvalue weighted by Gasteiger charge is -2.12. The number of guanidine groups is 1. The molecule has 0 aliphatic rings. The van der Waals surface area contributed by atoms with Gasteiger partial charge in [-0.05, 0) is 37.5 Å². The zero-order valence-corrected chi connectivity index (χ0v) is 17.3. The minimum Gasteiger partial charge on any atom is -0.492 e. The molecule has 7 heteroatoms. The van der Waals surface area contributed by atoms with Crippen molar-refractivity contribution in [3.63, 3.8) is 0 Å². The molecule has 6 nitrogen and oxygen atoms in total. The molecule has 0 radical (unpaired) electrons. The van der Waals surface area contributed by atoms with Crippen LogP contribution in [0, 0.1) is 0 Å². The van der Waals surface area contributed by atoms with Gasteiger partial charge in [-0.1, -0.05) is 18.2 Å². The predicted octanol–water partition coefficient (Wildman–Crippen LogP) is 2.60. The topological polar surface area (TPSA) is 63.5 Å². The van der Waals surface area contributed by atoms with E-state index in [-0.39, 0.29) is 24.0 Å². The second-order valence-corrected chi connectivity index (χ2v) is 5.47. The van der Waals surface area contributed by atoms with Crippen molar-refractivity contribution in [3.8, 4) is 5.75 Å². The largest absolute Gasteiger partial charge is 0.492 e. The first-order valence-electron chi connectivity index (χ1n) is 8.45. The van der Waals surface area contributed by atoms with Crippen molar-refractivity contribution in [2.45, 2.75) is 19.8 Å². The molecule has 1 aromatic carbocycles. The van der Waals surface area contributed by atoms with Crippen molar-refractivity contribution >= 4 is 29.9 Å². The van der Waals surface area contributed by atoms with Crippen LogP contribution in [0.1, 0.15) is 18.9 Å². The average Bonchev–Trinajstić information content (AvgIpc) is 3.01. The van der Waals surface area contributed by atoms with Crippen LogP contribution in [-0.4, -0.2) is 42.0 Å². The lowest BCUT2D eigenvalue weighted by molar-refractivity contribution is 0.322. The number of aromatic nitrogens is 2. The fourth-order valence-electron chi connectivity index (χ4n) is 2.27. The number of benzene rings is 1. The van der Waals surface area contributed by atoms with E-state index in [1.54, 1.807) is 0 Å². The molecule has 0 unspecified atom stereocenters. The van der Waals surface area contributed by atoms with Gasteiger partial charge in [0.15, 0.2) is 5.96 Å². The Kier molecular flexibility index (Phi) is 10.7. The molecule has 2 N–H and O–H groups in total. The molecule has 0 saturated carbocycles. The summed E-state index contributed by atoms with van der Waals surface area (Å²) in [7, 11) is 1.94. The number of hydrogen-bond acceptors (Lipinski definition) is 3. The van der Waals surface area contributed by atoms with Crippen molar-refractivity contribution in [3.05, 3.63) is 48.3 Å². The highest BCUT2D eigenvalue weighted by Gasteiger charge is 1.99. The van der Waals surface area contributed by atoms with Gasteiger partial charge in [0.05, 0.1) is 12.7 Å². The van der Waals surface area contributed by atoms with Crippen LogP contribution >= 0.6 is 24.0 Å². The van der Waals surface area contributed by atoms with Gasteiger partial charge >= 0.3 is 0 Å². The number of para-hydroxylation sites is 1. The van der Waals surface area contributed by atoms with Crippen LogP contribution in [0.5, 0.6) is 5.75 Å². The maximum Gasteiger partial charge on any atom is 0.191 e. The minimum atomic E-state index is 0. The van der Waals surface area contributed by atoms with E-state index < -0.39 is 0 Å². The fraction of sp³-hybridized carbons (Fsp3) is 0.444. The van der Waals surface area contributed by atoms with Crippen molar-refractivity contribution in [1.82, 2.24) is 20.4 Å². The van der Waals surface area contributed by atoms with Crippen LogP contribution < -0.4 is 15.4 Å². The summed E-state index contributed by atoms with van der Waals surface area (Å²) < 4.78 is 7.50. The number of nitrogens with zero attached hydrogens (tertiary/aromatic N) is 3. The van der Waals surface area contributed by atoms with Crippen molar-refractivity contribution in [2.75, 3.05) is 26.2 Å². The van der Waals surface area contributed by atoms with Crippen LogP contribution in [0.4, 0.5) is 0 Å². The molecule has 138 valence electrons. The maximum absolute atomic E-state index is 5.67. The molecule has 0 aliphatic heterocycles. The molecule has 25 heavy (non-hydrogen) atoms. The number of nitrogens with one attached hydrogen (secondary N) is 2. The molecule has 2 rings (SSSR count). The van der Waals surface area contributed by atoms with E-state index in [2.05, 4.69) is 27.6 Å². The fourth-order valence-corrected chi connectivity index (χ4v) is 2.27. The summed E-state index contributed by atoms with van der Waals surface area (Å²) in [5.41, 5.74) is 1.25. The maximum atomic E-state index is 5.67. The van der Waals surface area contributed by atoms with E-state index in [0.717, 1.165) is 37.6 Å². The molecular weight excluding hydrogens is 429 g/mol. The summed E-state index contributed by atoms with van der Waals surface area (Å²) >= 11 is 0. The SMILES string of the molecule is CCNC(=NCCCc1cnn(C)c1)NCCOc1ccccc1.I. The quantitative estimate of drug-likeness (QED) is 0.263. The number of hydrogen-bond donors (Lipinski definition) is 2. The minimum absolute atomic E-state index is 0. The molecule has 0 spiro atoms. The first-order valence-corrected chi connectivity index (χ1v) is 8.45. The van der Waals surface area contributed by atoms with Gasteiger partial charge < -0.3 is 15.4 Å². The smallest absolute Gasteiger partial charge is 0.191 e. The van der Waals surface area contributed by atoms with Crippen molar-refractivity contribution < 1.29 is 4.74 Å². The summed E-state index contributed by atoms with van der Waals surface area (Å²) in [6, 6.07) is 9.83. The lowest BCUT2D eigenvalue weighted by Crippen LogP contribution is -2.39. The van der Waals surface area contributed by atoms with Gasteiger partial charge in [0.25, 0.3) is 0 Å². The van der Waals surface area contributed by atoms with Crippen LogP contribution in [0.2, 0.25) is 0 Å². The van der Waals surface area contributed by atoms with E-state index >= 15 is 0 Å². The second kappa shape index (κ2) is 12.6. The zero-order chi connectivity index (χ0) is 17.0. The molecule has 0 saturated heterocycles. The van der Waals surface area contributed by atoms with Gasteiger partial charge in [-0.25, -0.2) is 0 Å². The third-order valence-electron chi connectivity index (χ3n) is 3.40. The monoisotopic (exact) mass is 457 g/mol. The average molecular weight is 457 g/mol. The van der Waals surface area contributed by atoms with Gasteiger partial charge in [-0.15, -0.1) is 24.0 Å². The Labute approximate surface area is 167 Å². The summed E-state index contributed by atoms with van der Waals surface area (Å²) in [4.78, 5) is 4.59. The van der Waals surface area contributed by atoms with E-state index in [0.29, 0.717) is 13.2 Å². The molecule has 1 aromatic heterocycles. The highest BCUT2D eigenvalue weighted by atomic mass is 127. The number of aliphatic imine (C=N–C) groups is 1. The number of ether oxygens (including phenoxy) is 1. The van der Waals surface area contributed by atoms with Crippen LogP contribution in [0.15, 0.2) is 47.7 Å². The van der Waals surface area contributed by atoms with Gasteiger partial charge in [0.1, 0.15) is 12.4 Å². The molecule has 2 aromatic rings. The standard InChI is InChI=1S/C18H27N5O.HI/c1-3-19-18(20-11-7-8-16-14-22-23(2)15-16)21-12-13-24-17-9-5-4-6-10-17;/h4-6,9-10,14-15H,3,7-8,11-13H2,1-2H3,(H2,19,20,21);1H. The Bertz CT molecular complexity index is 615. The first kappa shape index (κ1) is 21.3. The third kappa shape index (κ3) is 8.76. The van der Waals surface area contributed by atoms with E-state index in [4.69, 9.17) is 4.74 Å². The highest BCUT2D eigenvalue weighted by molar-refractivity contribution is 14.0. The highest BCUT2D eigenvalue weighted by Crippen LogP contribution is 2.07. The number of halogens is 1. The second-order valence-electron chi connectivity index (χ2n) is 5.47. The van der Waals surface area contributed by atoms with Gasteiger partial charge in [0, 0.05) is 26.3 Å². The van der Waals surface area contributed by atoms with E-state index in [1.807, 2.05) is 54.5 Å². The summed E-state index contributed by atoms with van der Waals surface area (Å²) in [6.45, 7) is 5.00. The molecule has 0 amide bonds. The van der Waals surface area contributed by atoms with Crippen molar-refractivity contribution in [2.24, 2.45) is 12.0 Å². The Morgan fingerprint density at radius 1 is 1.24 bits per heavy atom. The Balaban J connectivity index is 0.00000312. The molecule has 0 atom stereocenters. The summed E-state index contributed by atoms with van der Waals surface area (Å²) in [5.74, 6) is 1.72. The predicted molar refractivity (Wildman–Crippen MR) is 113 cm³/mol. The van der Waals surface area contributed by atoms with Crippen molar-refractivity contribution in [1.29, 1.82) is 0 Å². The third-order valence-corrected chi connectivity index (χ3v) is 3.40. The van der Waals surface area contributed by atoms with Gasteiger partial charge in [0.2, 0.25) is 0 Å². The van der Waals surface area contributed by atoms with E-state index in [1.165, 1.54) is 5.56 Å². The Morgan fingerprint density at radius 2 is 2.04 bits per heavy atom.